The van der Waals surface area contributed by atoms with Gasteiger partial charge in [-0.1, -0.05) is 19.1 Å². The fourth-order valence-corrected chi connectivity index (χ4v) is 2.84. The van der Waals surface area contributed by atoms with Gasteiger partial charge in [-0.05, 0) is 44.0 Å². The van der Waals surface area contributed by atoms with Crippen LogP contribution in [0.15, 0.2) is 23.6 Å². The largest absolute Gasteiger partial charge is 0.330 e. The monoisotopic (exact) mass is 260 g/mol. The summed E-state index contributed by atoms with van der Waals surface area (Å²) in [4.78, 5) is 4.73. The third kappa shape index (κ3) is 2.79. The summed E-state index contributed by atoms with van der Waals surface area (Å²) >= 11 is 1.74. The van der Waals surface area contributed by atoms with Gasteiger partial charge in [0.2, 0.25) is 0 Å². The van der Waals surface area contributed by atoms with Crippen molar-refractivity contribution < 1.29 is 0 Å². The number of nitrogens with zero attached hydrogens (tertiary/aromatic N) is 1. The molecular weight excluding hydrogens is 240 g/mol. The summed E-state index contributed by atoms with van der Waals surface area (Å²) in [5.74, 6) is 0.459. The molecule has 3 heteroatoms. The minimum Gasteiger partial charge on any atom is -0.330 e. The number of benzene rings is 1. The van der Waals surface area contributed by atoms with Crippen molar-refractivity contribution in [3.63, 3.8) is 0 Å². The predicted molar refractivity (Wildman–Crippen MR) is 79.1 cm³/mol. The Hall–Kier alpha value is -1.19. The average Bonchev–Trinajstić information content (AvgIpc) is 2.82. The zero-order valence-electron chi connectivity index (χ0n) is 11.2. The molecular formula is C15H20N2S. The molecule has 2 N–H and O–H groups in total. The maximum absolute atomic E-state index is 5.60. The van der Waals surface area contributed by atoms with E-state index < -0.39 is 0 Å². The second-order valence-electron chi connectivity index (χ2n) is 4.85. The number of rotatable bonds is 4. The molecule has 18 heavy (non-hydrogen) atoms. The van der Waals surface area contributed by atoms with Gasteiger partial charge in [0, 0.05) is 16.9 Å². The second kappa shape index (κ2) is 5.63. The van der Waals surface area contributed by atoms with Crippen molar-refractivity contribution in [1.29, 1.82) is 0 Å². The summed E-state index contributed by atoms with van der Waals surface area (Å²) < 4.78 is 0. The minimum atomic E-state index is 0.459. The standard InChI is InChI=1S/C15H20N2S/c1-10-4-5-13(8-12(10)3)14-9-18-15(17-14)11(2)6-7-16/h4-5,8-9,11H,6-7,16H2,1-3H3. The lowest BCUT2D eigenvalue weighted by Crippen LogP contribution is -2.04. The van der Waals surface area contributed by atoms with Crippen LogP contribution in [0.2, 0.25) is 0 Å². The van der Waals surface area contributed by atoms with E-state index >= 15 is 0 Å². The predicted octanol–water partition coefficient (Wildman–Crippen LogP) is 3.88. The number of thiazole rings is 1. The van der Waals surface area contributed by atoms with Gasteiger partial charge in [0.05, 0.1) is 10.7 Å². The molecule has 0 fully saturated rings. The van der Waals surface area contributed by atoms with Crippen molar-refractivity contribution in [1.82, 2.24) is 4.98 Å². The highest BCUT2D eigenvalue weighted by atomic mass is 32.1. The molecule has 1 unspecified atom stereocenters. The van der Waals surface area contributed by atoms with Crippen molar-refractivity contribution in [3.05, 3.63) is 39.7 Å². The van der Waals surface area contributed by atoms with Crippen LogP contribution < -0.4 is 5.73 Å². The first-order valence-corrected chi connectivity index (χ1v) is 7.23. The van der Waals surface area contributed by atoms with Crippen LogP contribution in [0.3, 0.4) is 0 Å². The Balaban J connectivity index is 2.26. The van der Waals surface area contributed by atoms with Crippen LogP contribution >= 0.6 is 11.3 Å². The van der Waals surface area contributed by atoms with Crippen LogP contribution in [0, 0.1) is 13.8 Å². The van der Waals surface area contributed by atoms with Gasteiger partial charge in [0.25, 0.3) is 0 Å². The molecule has 0 spiro atoms. The minimum absolute atomic E-state index is 0.459. The molecule has 1 aromatic heterocycles. The summed E-state index contributed by atoms with van der Waals surface area (Å²) in [6.07, 6.45) is 1.000. The molecule has 0 aliphatic carbocycles. The maximum atomic E-state index is 5.60. The first-order valence-electron chi connectivity index (χ1n) is 6.35. The Morgan fingerprint density at radius 2 is 2.06 bits per heavy atom. The van der Waals surface area contributed by atoms with Crippen molar-refractivity contribution >= 4 is 11.3 Å². The molecule has 0 aliphatic rings. The third-order valence-electron chi connectivity index (χ3n) is 3.35. The first kappa shape index (κ1) is 13.2. The fourth-order valence-electron chi connectivity index (χ4n) is 1.92. The molecule has 1 heterocycles. The number of aromatic nitrogens is 1. The lowest BCUT2D eigenvalue weighted by molar-refractivity contribution is 0.685. The van der Waals surface area contributed by atoms with Gasteiger partial charge in [-0.25, -0.2) is 4.98 Å². The normalized spacial score (nSPS) is 12.7. The summed E-state index contributed by atoms with van der Waals surface area (Å²) in [5.41, 5.74) is 10.5. The van der Waals surface area contributed by atoms with E-state index in [1.807, 2.05) is 0 Å². The Labute approximate surface area is 113 Å². The average molecular weight is 260 g/mol. The van der Waals surface area contributed by atoms with Crippen molar-refractivity contribution in [2.24, 2.45) is 5.73 Å². The van der Waals surface area contributed by atoms with Crippen LogP contribution in [0.25, 0.3) is 11.3 Å². The molecule has 0 amide bonds. The molecule has 0 saturated carbocycles. The molecule has 2 rings (SSSR count). The highest BCUT2D eigenvalue weighted by Gasteiger charge is 2.11. The van der Waals surface area contributed by atoms with E-state index in [0.29, 0.717) is 5.92 Å². The van der Waals surface area contributed by atoms with E-state index in [1.54, 1.807) is 11.3 Å². The van der Waals surface area contributed by atoms with E-state index in [1.165, 1.54) is 21.7 Å². The lowest BCUT2D eigenvalue weighted by atomic mass is 10.0. The fraction of sp³-hybridized carbons (Fsp3) is 0.400. The SMILES string of the molecule is Cc1ccc(-c2csc(C(C)CCN)n2)cc1C. The van der Waals surface area contributed by atoms with Gasteiger partial charge in [-0.15, -0.1) is 11.3 Å². The smallest absolute Gasteiger partial charge is 0.0961 e. The van der Waals surface area contributed by atoms with E-state index in [2.05, 4.69) is 44.4 Å². The Kier molecular flexibility index (Phi) is 4.15. The topological polar surface area (TPSA) is 38.9 Å². The van der Waals surface area contributed by atoms with E-state index in [4.69, 9.17) is 10.7 Å². The Morgan fingerprint density at radius 1 is 1.28 bits per heavy atom. The van der Waals surface area contributed by atoms with Gasteiger partial charge < -0.3 is 5.73 Å². The third-order valence-corrected chi connectivity index (χ3v) is 4.42. The van der Waals surface area contributed by atoms with Crippen LogP contribution in [-0.2, 0) is 0 Å². The summed E-state index contributed by atoms with van der Waals surface area (Å²) in [5, 5.41) is 3.33. The second-order valence-corrected chi connectivity index (χ2v) is 5.74. The van der Waals surface area contributed by atoms with Crippen LogP contribution in [0.4, 0.5) is 0 Å². The molecule has 1 atom stereocenters. The van der Waals surface area contributed by atoms with Gasteiger partial charge in [0.1, 0.15) is 0 Å². The van der Waals surface area contributed by atoms with Gasteiger partial charge >= 0.3 is 0 Å². The number of hydrogen-bond donors (Lipinski definition) is 1. The van der Waals surface area contributed by atoms with Gasteiger partial charge in [-0.2, -0.15) is 0 Å². The lowest BCUT2D eigenvalue weighted by Gasteiger charge is -2.05. The Bertz CT molecular complexity index is 531. The van der Waals surface area contributed by atoms with Gasteiger partial charge in [0.15, 0.2) is 0 Å². The number of hydrogen-bond acceptors (Lipinski definition) is 3. The zero-order valence-corrected chi connectivity index (χ0v) is 12.1. The maximum Gasteiger partial charge on any atom is 0.0961 e. The zero-order chi connectivity index (χ0) is 13.1. The molecule has 0 saturated heterocycles. The van der Waals surface area contributed by atoms with Crippen LogP contribution in [0.5, 0.6) is 0 Å². The van der Waals surface area contributed by atoms with E-state index in [-0.39, 0.29) is 0 Å². The van der Waals surface area contributed by atoms with Crippen molar-refractivity contribution in [3.8, 4) is 11.3 Å². The molecule has 2 nitrogen and oxygen atoms in total. The molecule has 0 aliphatic heterocycles. The van der Waals surface area contributed by atoms with Gasteiger partial charge in [-0.3, -0.25) is 0 Å². The highest BCUT2D eigenvalue weighted by Crippen LogP contribution is 2.28. The quantitative estimate of drug-likeness (QED) is 0.906. The van der Waals surface area contributed by atoms with Crippen molar-refractivity contribution in [2.45, 2.75) is 33.1 Å². The summed E-state index contributed by atoms with van der Waals surface area (Å²) in [7, 11) is 0. The van der Waals surface area contributed by atoms with Crippen LogP contribution in [-0.4, -0.2) is 11.5 Å². The molecule has 96 valence electrons. The molecule has 0 radical (unpaired) electrons. The van der Waals surface area contributed by atoms with Crippen LogP contribution in [0.1, 0.15) is 35.4 Å². The van der Waals surface area contributed by atoms with E-state index in [0.717, 1.165) is 18.7 Å². The van der Waals surface area contributed by atoms with Crippen molar-refractivity contribution in [2.75, 3.05) is 6.54 Å². The summed E-state index contributed by atoms with van der Waals surface area (Å²) in [6, 6.07) is 6.52. The number of nitrogens with two attached hydrogens (primary N) is 1. The molecule has 1 aromatic carbocycles. The highest BCUT2D eigenvalue weighted by molar-refractivity contribution is 7.10. The molecule has 2 aromatic rings. The summed E-state index contributed by atoms with van der Waals surface area (Å²) in [6.45, 7) is 7.19. The number of aryl methyl sites for hydroxylation is 2. The molecule has 0 bridgehead atoms. The Morgan fingerprint density at radius 3 is 2.72 bits per heavy atom. The first-order chi connectivity index (χ1) is 8.61. The van der Waals surface area contributed by atoms with E-state index in [9.17, 15) is 0 Å².